The van der Waals surface area contributed by atoms with Gasteiger partial charge in [-0.2, -0.15) is 0 Å². The second-order valence-corrected chi connectivity index (χ2v) is 4.23. The van der Waals surface area contributed by atoms with Crippen molar-refractivity contribution in [2.24, 2.45) is 0 Å². The van der Waals surface area contributed by atoms with E-state index in [1.165, 1.54) is 0 Å². The topological polar surface area (TPSA) is 95.7 Å². The second-order valence-electron chi connectivity index (χ2n) is 4.23. The number of nitro benzene ring substituents is 1. The predicted octanol–water partition coefficient (Wildman–Crippen LogP) is 1.80. The number of rotatable bonds is 7. The van der Waals surface area contributed by atoms with Crippen molar-refractivity contribution in [3.63, 3.8) is 0 Å². The van der Waals surface area contributed by atoms with Crippen molar-refractivity contribution in [3.8, 4) is 0 Å². The van der Waals surface area contributed by atoms with Gasteiger partial charge in [0.2, 0.25) is 0 Å². The monoisotopic (exact) mass is 285 g/mol. The number of hydrogen-bond acceptors (Lipinski definition) is 5. The highest BCUT2D eigenvalue weighted by atomic mass is 19.1. The van der Waals surface area contributed by atoms with Gasteiger partial charge in [0, 0.05) is 13.1 Å². The van der Waals surface area contributed by atoms with Gasteiger partial charge in [0.25, 0.3) is 5.69 Å². The van der Waals surface area contributed by atoms with Crippen molar-refractivity contribution in [1.82, 2.24) is 4.90 Å². The molecule has 0 aliphatic heterocycles. The molecule has 7 nitrogen and oxygen atoms in total. The largest absolute Gasteiger partial charge is 0.478 e. The predicted molar refractivity (Wildman–Crippen MR) is 71.7 cm³/mol. The Kier molecular flexibility index (Phi) is 5.39. The first-order valence-electron chi connectivity index (χ1n) is 6.00. The van der Waals surface area contributed by atoms with Gasteiger partial charge in [-0.05, 0) is 19.7 Å². The van der Waals surface area contributed by atoms with Crippen LogP contribution in [0.15, 0.2) is 12.1 Å². The van der Waals surface area contributed by atoms with Crippen LogP contribution in [0.25, 0.3) is 0 Å². The maximum absolute atomic E-state index is 13.4. The molecule has 0 spiro atoms. The normalized spacial score (nSPS) is 10.6. The Bertz CT molecular complexity index is 522. The molecule has 1 rings (SSSR count). The quantitative estimate of drug-likeness (QED) is 0.586. The number of hydrogen-bond donors (Lipinski definition) is 2. The van der Waals surface area contributed by atoms with E-state index in [1.807, 2.05) is 18.9 Å². The maximum atomic E-state index is 13.4. The average Bonchev–Trinajstić information content (AvgIpc) is 2.39. The molecule has 0 atom stereocenters. The molecule has 1 aromatic carbocycles. The van der Waals surface area contributed by atoms with Crippen molar-refractivity contribution in [1.29, 1.82) is 0 Å². The maximum Gasteiger partial charge on any atom is 0.338 e. The van der Waals surface area contributed by atoms with Gasteiger partial charge in [-0.3, -0.25) is 10.1 Å². The molecule has 0 saturated heterocycles. The molecule has 20 heavy (non-hydrogen) atoms. The lowest BCUT2D eigenvalue weighted by Crippen LogP contribution is -2.25. The summed E-state index contributed by atoms with van der Waals surface area (Å²) in [7, 11) is 1.88. The van der Waals surface area contributed by atoms with Gasteiger partial charge in [0.15, 0.2) is 0 Å². The van der Waals surface area contributed by atoms with Crippen LogP contribution in [-0.2, 0) is 0 Å². The van der Waals surface area contributed by atoms with Crippen LogP contribution < -0.4 is 5.32 Å². The molecule has 0 aliphatic rings. The van der Waals surface area contributed by atoms with Crippen molar-refractivity contribution in [2.75, 3.05) is 32.0 Å². The summed E-state index contributed by atoms with van der Waals surface area (Å²) in [4.78, 5) is 22.9. The summed E-state index contributed by atoms with van der Waals surface area (Å²) in [6.45, 7) is 3.78. The fourth-order valence-electron chi connectivity index (χ4n) is 1.56. The summed E-state index contributed by atoms with van der Waals surface area (Å²) >= 11 is 0. The molecule has 2 N–H and O–H groups in total. The third-order valence-electron chi connectivity index (χ3n) is 2.86. The van der Waals surface area contributed by atoms with Crippen LogP contribution in [0.5, 0.6) is 0 Å². The second kappa shape index (κ2) is 6.80. The zero-order valence-corrected chi connectivity index (χ0v) is 11.2. The van der Waals surface area contributed by atoms with Gasteiger partial charge in [0.1, 0.15) is 11.5 Å². The molecule has 0 aromatic heterocycles. The Balaban J connectivity index is 2.99. The SMILES string of the molecule is CCN(C)CCNc1cc(C(=O)O)c(F)cc1[N+](=O)[O-]. The molecular formula is C12H16FN3O4. The lowest BCUT2D eigenvalue weighted by Gasteiger charge is -2.15. The summed E-state index contributed by atoms with van der Waals surface area (Å²) in [6.07, 6.45) is 0. The van der Waals surface area contributed by atoms with E-state index in [4.69, 9.17) is 5.11 Å². The van der Waals surface area contributed by atoms with Crippen molar-refractivity contribution in [2.45, 2.75) is 6.92 Å². The minimum Gasteiger partial charge on any atom is -0.478 e. The van der Waals surface area contributed by atoms with Crippen molar-refractivity contribution >= 4 is 17.3 Å². The van der Waals surface area contributed by atoms with Crippen LogP contribution in [0.4, 0.5) is 15.8 Å². The number of carboxylic acid groups (broad SMARTS) is 1. The molecule has 0 heterocycles. The molecular weight excluding hydrogens is 269 g/mol. The lowest BCUT2D eigenvalue weighted by atomic mass is 10.1. The van der Waals surface area contributed by atoms with Crippen LogP contribution in [0.2, 0.25) is 0 Å². The van der Waals surface area contributed by atoms with Crippen LogP contribution in [0, 0.1) is 15.9 Å². The van der Waals surface area contributed by atoms with E-state index in [2.05, 4.69) is 5.32 Å². The first kappa shape index (κ1) is 15.8. The third kappa shape index (κ3) is 3.89. The van der Waals surface area contributed by atoms with E-state index in [1.54, 1.807) is 0 Å². The molecule has 0 saturated carbocycles. The van der Waals surface area contributed by atoms with Gasteiger partial charge in [0.05, 0.1) is 16.6 Å². The summed E-state index contributed by atoms with van der Waals surface area (Å²) < 4.78 is 13.4. The number of carboxylic acids is 1. The Morgan fingerprint density at radius 2 is 2.20 bits per heavy atom. The summed E-state index contributed by atoms with van der Waals surface area (Å²) in [5.41, 5.74) is -1.08. The van der Waals surface area contributed by atoms with Crippen LogP contribution >= 0.6 is 0 Å². The summed E-state index contributed by atoms with van der Waals surface area (Å²) in [5.74, 6) is -2.59. The fraction of sp³-hybridized carbons (Fsp3) is 0.417. The highest BCUT2D eigenvalue weighted by Gasteiger charge is 2.21. The number of aromatic carboxylic acids is 1. The number of anilines is 1. The number of halogens is 1. The Morgan fingerprint density at radius 1 is 1.55 bits per heavy atom. The fourth-order valence-corrected chi connectivity index (χ4v) is 1.56. The van der Waals surface area contributed by atoms with Crippen LogP contribution in [-0.4, -0.2) is 47.6 Å². The minimum atomic E-state index is -1.47. The van der Waals surface area contributed by atoms with E-state index in [0.29, 0.717) is 19.2 Å². The third-order valence-corrected chi connectivity index (χ3v) is 2.86. The Morgan fingerprint density at radius 3 is 2.70 bits per heavy atom. The number of nitrogens with zero attached hydrogens (tertiary/aromatic N) is 2. The van der Waals surface area contributed by atoms with Crippen LogP contribution in [0.3, 0.4) is 0 Å². The summed E-state index contributed by atoms with van der Waals surface area (Å²) in [6, 6.07) is 1.57. The molecule has 1 aromatic rings. The average molecular weight is 285 g/mol. The smallest absolute Gasteiger partial charge is 0.338 e. The van der Waals surface area contributed by atoms with Gasteiger partial charge >= 0.3 is 5.97 Å². The zero-order valence-electron chi connectivity index (χ0n) is 11.2. The first-order chi connectivity index (χ1) is 9.36. The molecule has 110 valence electrons. The molecule has 0 radical (unpaired) electrons. The van der Waals surface area contributed by atoms with E-state index in [0.717, 1.165) is 12.6 Å². The van der Waals surface area contributed by atoms with Crippen molar-refractivity contribution in [3.05, 3.63) is 33.6 Å². The van der Waals surface area contributed by atoms with Crippen LogP contribution in [0.1, 0.15) is 17.3 Å². The number of likely N-dealkylation sites (N-methyl/N-ethyl adjacent to an activating group) is 1. The van der Waals surface area contributed by atoms with Gasteiger partial charge in [-0.25, -0.2) is 9.18 Å². The van der Waals surface area contributed by atoms with E-state index in [-0.39, 0.29) is 5.69 Å². The minimum absolute atomic E-state index is 0.00157. The van der Waals surface area contributed by atoms with Crippen molar-refractivity contribution < 1.29 is 19.2 Å². The Hall–Kier alpha value is -2.22. The van der Waals surface area contributed by atoms with E-state index >= 15 is 0 Å². The standard InChI is InChI=1S/C12H16FN3O4/c1-3-15(2)5-4-14-10-6-8(12(17)18)9(13)7-11(10)16(19)20/h6-7,14H,3-5H2,1-2H3,(H,17,18). The first-order valence-corrected chi connectivity index (χ1v) is 6.00. The van der Waals surface area contributed by atoms with E-state index < -0.39 is 28.0 Å². The zero-order chi connectivity index (χ0) is 15.3. The highest BCUT2D eigenvalue weighted by Crippen LogP contribution is 2.27. The van der Waals surface area contributed by atoms with E-state index in [9.17, 15) is 19.3 Å². The molecule has 0 bridgehead atoms. The van der Waals surface area contributed by atoms with Gasteiger partial charge in [-0.15, -0.1) is 0 Å². The van der Waals surface area contributed by atoms with Gasteiger partial charge < -0.3 is 15.3 Å². The summed E-state index contributed by atoms with van der Waals surface area (Å²) in [5, 5.41) is 22.4. The number of nitrogens with one attached hydrogen (secondary N) is 1. The molecule has 0 aliphatic carbocycles. The number of nitro groups is 1. The van der Waals surface area contributed by atoms with Gasteiger partial charge in [-0.1, -0.05) is 6.92 Å². The number of benzene rings is 1. The lowest BCUT2D eigenvalue weighted by molar-refractivity contribution is -0.384. The molecule has 8 heteroatoms. The molecule has 0 amide bonds. The Labute approximate surface area is 115 Å². The highest BCUT2D eigenvalue weighted by molar-refractivity contribution is 5.90. The molecule has 0 fully saturated rings. The molecule has 0 unspecified atom stereocenters. The number of carbonyl (C=O) groups is 1.